The lowest BCUT2D eigenvalue weighted by Crippen LogP contribution is -2.53. The smallest absolute Gasteiger partial charge is 0.311 e. The van der Waals surface area contributed by atoms with Crippen LogP contribution in [0.4, 0.5) is 11.4 Å². The molecule has 226 valence electrons. The number of aliphatic imine (C=N–C) groups is 1. The van der Waals surface area contributed by atoms with Crippen LogP contribution >= 0.6 is 46.7 Å². The van der Waals surface area contributed by atoms with E-state index in [0.29, 0.717) is 22.4 Å². The molecule has 0 atom stereocenters. The molecule has 1 heterocycles. The SMILES string of the molecule is CCOc1cc(N2CCN(C(=NCCCCCCSC)NCCSCc3ccc(Cl)cc3Cl)CC2)ccc1[N+](=O)[O-]. The largest absolute Gasteiger partial charge is 0.487 e. The van der Waals surface area contributed by atoms with E-state index in [1.54, 1.807) is 12.1 Å². The van der Waals surface area contributed by atoms with E-state index in [4.69, 9.17) is 32.9 Å². The molecule has 1 fully saturated rings. The van der Waals surface area contributed by atoms with Gasteiger partial charge in [-0.25, -0.2) is 0 Å². The number of nitro benzene ring substituents is 1. The van der Waals surface area contributed by atoms with Crippen LogP contribution in [-0.2, 0) is 5.75 Å². The highest BCUT2D eigenvalue weighted by atomic mass is 35.5. The summed E-state index contributed by atoms with van der Waals surface area (Å²) < 4.78 is 5.55. The van der Waals surface area contributed by atoms with E-state index >= 15 is 0 Å². The van der Waals surface area contributed by atoms with Gasteiger partial charge >= 0.3 is 5.69 Å². The number of thioether (sulfide) groups is 2. The van der Waals surface area contributed by atoms with Crippen molar-refractivity contribution < 1.29 is 9.66 Å². The Morgan fingerprint density at radius 2 is 1.85 bits per heavy atom. The number of nitrogens with one attached hydrogen (secondary N) is 1. The lowest BCUT2D eigenvalue weighted by molar-refractivity contribution is -0.385. The molecule has 0 radical (unpaired) electrons. The number of halogens is 2. The first-order valence-electron chi connectivity index (χ1n) is 14.1. The normalized spacial score (nSPS) is 13.9. The number of piperazine rings is 1. The Hall–Kier alpha value is -2.01. The first-order chi connectivity index (χ1) is 19.9. The van der Waals surface area contributed by atoms with Crippen LogP contribution in [-0.4, -0.2) is 79.4 Å². The fourth-order valence-electron chi connectivity index (χ4n) is 4.52. The molecular weight excluding hydrogens is 601 g/mol. The average Bonchev–Trinajstić information content (AvgIpc) is 2.96. The summed E-state index contributed by atoms with van der Waals surface area (Å²) in [6.45, 7) is 7.05. The van der Waals surface area contributed by atoms with Crippen LogP contribution in [0.2, 0.25) is 10.0 Å². The second kappa shape index (κ2) is 18.5. The summed E-state index contributed by atoms with van der Waals surface area (Å²) in [5.41, 5.74) is 2.02. The summed E-state index contributed by atoms with van der Waals surface area (Å²) in [5.74, 6) is 4.25. The van der Waals surface area contributed by atoms with E-state index in [2.05, 4.69) is 21.4 Å². The third kappa shape index (κ3) is 11.3. The lowest BCUT2D eigenvalue weighted by atomic mass is 10.2. The molecule has 1 saturated heterocycles. The van der Waals surface area contributed by atoms with Crippen LogP contribution in [0.25, 0.3) is 0 Å². The molecule has 2 aromatic rings. The zero-order valence-corrected chi connectivity index (χ0v) is 27.1. The van der Waals surface area contributed by atoms with Gasteiger partial charge in [0.2, 0.25) is 0 Å². The molecule has 1 N–H and O–H groups in total. The monoisotopic (exact) mass is 641 g/mol. The highest BCUT2D eigenvalue weighted by molar-refractivity contribution is 7.98. The number of nitrogens with zero attached hydrogens (tertiary/aromatic N) is 4. The highest BCUT2D eigenvalue weighted by Crippen LogP contribution is 2.32. The van der Waals surface area contributed by atoms with E-state index < -0.39 is 4.92 Å². The van der Waals surface area contributed by atoms with Crippen LogP contribution < -0.4 is 15.0 Å². The topological polar surface area (TPSA) is 83.2 Å². The first-order valence-corrected chi connectivity index (χ1v) is 17.4. The number of anilines is 1. The van der Waals surface area contributed by atoms with Gasteiger partial charge in [-0.3, -0.25) is 15.1 Å². The van der Waals surface area contributed by atoms with Crippen molar-refractivity contribution in [2.45, 2.75) is 38.4 Å². The van der Waals surface area contributed by atoms with Gasteiger partial charge in [0.25, 0.3) is 0 Å². The van der Waals surface area contributed by atoms with Crippen molar-refractivity contribution in [3.05, 3.63) is 62.1 Å². The van der Waals surface area contributed by atoms with Gasteiger partial charge in [0.05, 0.1) is 11.5 Å². The fraction of sp³-hybridized carbons (Fsp3) is 0.552. The predicted molar refractivity (Wildman–Crippen MR) is 178 cm³/mol. The molecular formula is C29H41Cl2N5O3S2. The van der Waals surface area contributed by atoms with Crippen molar-refractivity contribution in [2.24, 2.45) is 4.99 Å². The quantitative estimate of drug-likeness (QED) is 0.0676. The van der Waals surface area contributed by atoms with Crippen LogP contribution in [0, 0.1) is 10.1 Å². The molecule has 41 heavy (non-hydrogen) atoms. The molecule has 0 bridgehead atoms. The molecule has 1 aliphatic rings. The third-order valence-corrected chi connectivity index (χ3v) is 9.00. The van der Waals surface area contributed by atoms with Crippen LogP contribution in [0.3, 0.4) is 0 Å². The van der Waals surface area contributed by atoms with Crippen molar-refractivity contribution in [3.8, 4) is 5.75 Å². The Kier molecular flexibility index (Phi) is 15.1. The van der Waals surface area contributed by atoms with Gasteiger partial charge < -0.3 is 19.9 Å². The van der Waals surface area contributed by atoms with Gasteiger partial charge in [0.1, 0.15) is 0 Å². The molecule has 8 nitrogen and oxygen atoms in total. The molecule has 3 rings (SSSR count). The maximum absolute atomic E-state index is 11.4. The van der Waals surface area contributed by atoms with Crippen LogP contribution in [0.5, 0.6) is 5.75 Å². The number of ether oxygens (including phenoxy) is 1. The number of hydrogen-bond acceptors (Lipinski definition) is 7. The summed E-state index contributed by atoms with van der Waals surface area (Å²) in [7, 11) is 0. The van der Waals surface area contributed by atoms with E-state index in [0.717, 1.165) is 74.4 Å². The highest BCUT2D eigenvalue weighted by Gasteiger charge is 2.23. The molecule has 0 unspecified atom stereocenters. The maximum atomic E-state index is 11.4. The molecule has 0 saturated carbocycles. The van der Waals surface area contributed by atoms with Crippen molar-refractivity contribution in [2.75, 3.05) is 68.5 Å². The fourth-order valence-corrected chi connectivity index (χ4v) is 6.43. The van der Waals surface area contributed by atoms with Crippen LogP contribution in [0.1, 0.15) is 38.2 Å². The van der Waals surface area contributed by atoms with E-state index in [1.165, 1.54) is 31.1 Å². The van der Waals surface area contributed by atoms with Gasteiger partial charge in [-0.2, -0.15) is 23.5 Å². The number of rotatable bonds is 16. The van der Waals surface area contributed by atoms with E-state index in [1.807, 2.05) is 48.6 Å². The van der Waals surface area contributed by atoms with Crippen molar-refractivity contribution in [1.29, 1.82) is 0 Å². The molecule has 0 aromatic heterocycles. The Balaban J connectivity index is 1.55. The Morgan fingerprint density at radius 1 is 1.07 bits per heavy atom. The van der Waals surface area contributed by atoms with Gasteiger partial charge in [0, 0.05) is 78.6 Å². The standard InChI is InChI=1S/C29H41Cl2N5O3S2/c1-3-39-28-21-25(10-11-27(28)36(37)38)34-14-16-35(17-15-34)29(32-12-6-4-5-7-18-40-2)33-13-19-41-22-23-8-9-24(30)20-26(23)31/h8-11,20-21H,3-7,12-19,22H2,1-2H3,(H,32,33). The molecule has 2 aromatic carbocycles. The summed E-state index contributed by atoms with van der Waals surface area (Å²) in [5, 5.41) is 16.3. The number of guanidine groups is 1. The summed E-state index contributed by atoms with van der Waals surface area (Å²) in [6.07, 6.45) is 6.96. The number of hydrogen-bond donors (Lipinski definition) is 1. The zero-order chi connectivity index (χ0) is 29.5. The van der Waals surface area contributed by atoms with Gasteiger partial charge in [0.15, 0.2) is 11.7 Å². The number of unbranched alkanes of at least 4 members (excludes halogenated alkanes) is 3. The van der Waals surface area contributed by atoms with Gasteiger partial charge in [-0.15, -0.1) is 0 Å². The van der Waals surface area contributed by atoms with Crippen molar-refractivity contribution in [3.63, 3.8) is 0 Å². The molecule has 0 spiro atoms. The maximum Gasteiger partial charge on any atom is 0.311 e. The minimum absolute atomic E-state index is 0.00231. The second-order valence-electron chi connectivity index (χ2n) is 9.64. The Labute approximate surface area is 262 Å². The Bertz CT molecular complexity index is 1130. The average molecular weight is 643 g/mol. The van der Waals surface area contributed by atoms with E-state index in [-0.39, 0.29) is 5.69 Å². The van der Waals surface area contributed by atoms with E-state index in [9.17, 15) is 10.1 Å². The molecule has 0 aliphatic carbocycles. The second-order valence-corrected chi connectivity index (χ2v) is 12.6. The van der Waals surface area contributed by atoms with Gasteiger partial charge in [-0.1, -0.05) is 42.1 Å². The number of benzene rings is 2. The third-order valence-electron chi connectivity index (χ3n) is 6.70. The predicted octanol–water partition coefficient (Wildman–Crippen LogP) is 7.22. The summed E-state index contributed by atoms with van der Waals surface area (Å²) in [6, 6.07) is 10.8. The minimum atomic E-state index is -0.397. The lowest BCUT2D eigenvalue weighted by Gasteiger charge is -2.38. The summed E-state index contributed by atoms with van der Waals surface area (Å²) in [4.78, 5) is 20.5. The minimum Gasteiger partial charge on any atom is -0.487 e. The molecule has 0 amide bonds. The van der Waals surface area contributed by atoms with Crippen molar-refractivity contribution in [1.82, 2.24) is 10.2 Å². The van der Waals surface area contributed by atoms with Crippen LogP contribution in [0.15, 0.2) is 41.4 Å². The molecule has 1 aliphatic heterocycles. The Morgan fingerprint density at radius 3 is 2.56 bits per heavy atom. The zero-order valence-electron chi connectivity index (χ0n) is 23.9. The van der Waals surface area contributed by atoms with Gasteiger partial charge in [-0.05, 0) is 55.5 Å². The van der Waals surface area contributed by atoms with Crippen molar-refractivity contribution >= 4 is 64.1 Å². The molecule has 12 heteroatoms. The number of nitro groups is 1. The first kappa shape index (κ1) is 33.5. The summed E-state index contributed by atoms with van der Waals surface area (Å²) >= 11 is 16.1.